The van der Waals surface area contributed by atoms with Crippen LogP contribution >= 0.6 is 0 Å². The first-order valence-corrected chi connectivity index (χ1v) is 10.8. The number of primary amides is 1. The fraction of sp³-hybridized carbons (Fsp3) is 0.304. The quantitative estimate of drug-likeness (QED) is 0.323. The van der Waals surface area contributed by atoms with Gasteiger partial charge in [-0.3, -0.25) is 9.59 Å². The van der Waals surface area contributed by atoms with Crippen LogP contribution in [0.15, 0.2) is 47.1 Å². The molecule has 2 aromatic heterocycles. The molecular formula is C23H22F4N4O6. The number of nitrogens with zero attached hydrogens (tertiary/aromatic N) is 2. The highest BCUT2D eigenvalue weighted by Gasteiger charge is 2.28. The molecular weight excluding hydrogens is 504 g/mol. The van der Waals surface area contributed by atoms with Crippen molar-refractivity contribution >= 4 is 11.8 Å². The van der Waals surface area contributed by atoms with E-state index in [1.165, 1.54) is 36.5 Å². The summed E-state index contributed by atoms with van der Waals surface area (Å²) in [5.41, 5.74) is 5.19. The SMILES string of the molecule is CCC(Oc1ccc(OCC(F)(F)F)nc1)c1cc(-c2ccc(C(=O)N[C@@H](CO)C(N)=O)c(F)c2)no1. The number of nitrogens with two attached hydrogens (primary N) is 1. The third kappa shape index (κ3) is 7.39. The second-order valence-electron chi connectivity index (χ2n) is 7.67. The van der Waals surface area contributed by atoms with Gasteiger partial charge in [-0.2, -0.15) is 13.2 Å². The zero-order chi connectivity index (χ0) is 27.2. The molecule has 4 N–H and O–H groups in total. The van der Waals surface area contributed by atoms with E-state index in [-0.39, 0.29) is 34.2 Å². The Labute approximate surface area is 207 Å². The van der Waals surface area contributed by atoms with Crippen molar-refractivity contribution in [2.45, 2.75) is 31.7 Å². The van der Waals surface area contributed by atoms with Crippen molar-refractivity contribution < 1.29 is 46.3 Å². The van der Waals surface area contributed by atoms with E-state index in [1.807, 2.05) is 0 Å². The van der Waals surface area contributed by atoms with Gasteiger partial charge in [0.1, 0.15) is 23.3 Å². The van der Waals surface area contributed by atoms with Crippen LogP contribution in [0.2, 0.25) is 0 Å². The number of aliphatic hydroxyl groups excluding tert-OH is 1. The number of rotatable bonds is 11. The predicted octanol–water partition coefficient (Wildman–Crippen LogP) is 2.92. The number of amides is 2. The summed E-state index contributed by atoms with van der Waals surface area (Å²) in [6, 6.07) is 6.37. The molecule has 1 unspecified atom stereocenters. The molecule has 3 aromatic rings. The summed E-state index contributed by atoms with van der Waals surface area (Å²) in [7, 11) is 0. The monoisotopic (exact) mass is 526 g/mol. The smallest absolute Gasteiger partial charge is 0.422 e. The molecule has 1 aromatic carbocycles. The summed E-state index contributed by atoms with van der Waals surface area (Å²) in [4.78, 5) is 27.2. The van der Waals surface area contributed by atoms with Gasteiger partial charge in [0, 0.05) is 17.7 Å². The van der Waals surface area contributed by atoms with Crippen LogP contribution in [0.5, 0.6) is 11.6 Å². The number of alkyl halides is 3. The average molecular weight is 526 g/mol. The zero-order valence-electron chi connectivity index (χ0n) is 19.3. The Kier molecular flexibility index (Phi) is 8.65. The fourth-order valence-corrected chi connectivity index (χ4v) is 3.06. The van der Waals surface area contributed by atoms with E-state index >= 15 is 0 Å². The number of aromatic nitrogens is 2. The Bertz CT molecular complexity index is 1230. The topological polar surface area (TPSA) is 150 Å². The lowest BCUT2D eigenvalue weighted by Gasteiger charge is -2.14. The average Bonchev–Trinajstić information content (AvgIpc) is 3.34. The van der Waals surface area contributed by atoms with Gasteiger partial charge in [0.05, 0.1) is 18.4 Å². The molecule has 37 heavy (non-hydrogen) atoms. The van der Waals surface area contributed by atoms with Crippen LogP contribution in [0.25, 0.3) is 11.3 Å². The molecule has 2 amide bonds. The van der Waals surface area contributed by atoms with Crippen molar-refractivity contribution in [1.29, 1.82) is 0 Å². The summed E-state index contributed by atoms with van der Waals surface area (Å²) < 4.78 is 67.0. The van der Waals surface area contributed by atoms with Gasteiger partial charge in [-0.1, -0.05) is 18.1 Å². The van der Waals surface area contributed by atoms with Crippen molar-refractivity contribution in [3.8, 4) is 22.9 Å². The molecule has 3 rings (SSSR count). The van der Waals surface area contributed by atoms with Crippen LogP contribution in [0.4, 0.5) is 17.6 Å². The molecule has 0 aliphatic heterocycles. The number of ether oxygens (including phenoxy) is 2. The first-order valence-electron chi connectivity index (χ1n) is 10.8. The van der Waals surface area contributed by atoms with Crippen molar-refractivity contribution in [2.24, 2.45) is 5.73 Å². The first kappa shape index (κ1) is 27.4. The van der Waals surface area contributed by atoms with Crippen molar-refractivity contribution in [2.75, 3.05) is 13.2 Å². The third-order valence-electron chi connectivity index (χ3n) is 4.93. The molecule has 2 heterocycles. The lowest BCUT2D eigenvalue weighted by molar-refractivity contribution is -0.154. The molecule has 14 heteroatoms. The standard InChI is InChI=1S/C23H22F4N4O6/c1-2-18(36-13-4-6-20(29-9-13)35-11-23(25,26)27)19-8-16(31-37-19)12-3-5-14(15(24)7-12)22(34)30-17(10-32)21(28)33/h3-9,17-18,32H,2,10-11H2,1H3,(H2,28,33)(H,30,34)/t17-,18?/m0/s1. The number of hydrogen-bond acceptors (Lipinski definition) is 8. The first-order chi connectivity index (χ1) is 17.5. The minimum absolute atomic E-state index is 0.222. The second kappa shape index (κ2) is 11.7. The van der Waals surface area contributed by atoms with E-state index in [0.717, 1.165) is 6.07 Å². The normalized spacial score (nSPS) is 13.0. The van der Waals surface area contributed by atoms with Gasteiger partial charge in [0.15, 0.2) is 18.5 Å². The number of benzene rings is 1. The number of halogens is 4. The second-order valence-corrected chi connectivity index (χ2v) is 7.67. The molecule has 0 spiro atoms. The number of pyridine rings is 1. The van der Waals surface area contributed by atoms with E-state index in [0.29, 0.717) is 6.42 Å². The maximum Gasteiger partial charge on any atom is 0.422 e. The fourth-order valence-electron chi connectivity index (χ4n) is 3.06. The van der Waals surface area contributed by atoms with Crippen LogP contribution in [-0.2, 0) is 4.79 Å². The van der Waals surface area contributed by atoms with Gasteiger partial charge in [-0.25, -0.2) is 9.37 Å². The highest BCUT2D eigenvalue weighted by Crippen LogP contribution is 2.29. The molecule has 0 radical (unpaired) electrons. The van der Waals surface area contributed by atoms with Gasteiger partial charge in [-0.15, -0.1) is 0 Å². The van der Waals surface area contributed by atoms with E-state index in [2.05, 4.69) is 20.2 Å². The summed E-state index contributed by atoms with van der Waals surface area (Å²) in [5.74, 6) is -2.53. The number of aliphatic hydroxyl groups is 1. The molecule has 0 aliphatic rings. The summed E-state index contributed by atoms with van der Waals surface area (Å²) in [6.45, 7) is -0.420. The zero-order valence-corrected chi connectivity index (χ0v) is 19.3. The minimum atomic E-state index is -4.49. The Balaban J connectivity index is 1.69. The van der Waals surface area contributed by atoms with Gasteiger partial charge in [0.2, 0.25) is 11.8 Å². The van der Waals surface area contributed by atoms with Gasteiger partial charge >= 0.3 is 6.18 Å². The summed E-state index contributed by atoms with van der Waals surface area (Å²) in [6.07, 6.45) is -3.52. The molecule has 0 aliphatic carbocycles. The van der Waals surface area contributed by atoms with Gasteiger partial charge in [-0.05, 0) is 24.6 Å². The van der Waals surface area contributed by atoms with Gasteiger partial charge < -0.3 is 30.2 Å². The molecule has 10 nitrogen and oxygen atoms in total. The Hall–Kier alpha value is -4.20. The van der Waals surface area contributed by atoms with Crippen LogP contribution in [-0.4, -0.2) is 52.5 Å². The van der Waals surface area contributed by atoms with E-state index in [1.54, 1.807) is 6.92 Å². The minimum Gasteiger partial charge on any atom is -0.481 e. The molecule has 198 valence electrons. The van der Waals surface area contributed by atoms with Crippen molar-refractivity contribution in [3.05, 3.63) is 59.7 Å². The van der Waals surface area contributed by atoms with Crippen LogP contribution in [0.1, 0.15) is 35.6 Å². The lowest BCUT2D eigenvalue weighted by Crippen LogP contribution is -2.47. The number of hydrogen-bond donors (Lipinski definition) is 3. The van der Waals surface area contributed by atoms with Crippen molar-refractivity contribution in [3.63, 3.8) is 0 Å². The molecule has 0 saturated heterocycles. The number of carbonyl (C=O) groups is 2. The van der Waals surface area contributed by atoms with Crippen LogP contribution in [0.3, 0.4) is 0 Å². The summed E-state index contributed by atoms with van der Waals surface area (Å²) in [5, 5.41) is 15.1. The van der Waals surface area contributed by atoms with E-state index in [4.69, 9.17) is 20.1 Å². The van der Waals surface area contributed by atoms with E-state index in [9.17, 15) is 27.2 Å². The Morgan fingerprint density at radius 3 is 2.54 bits per heavy atom. The van der Waals surface area contributed by atoms with Crippen LogP contribution in [0, 0.1) is 5.82 Å². The molecule has 0 saturated carbocycles. The van der Waals surface area contributed by atoms with Crippen LogP contribution < -0.4 is 20.5 Å². The molecule has 2 atom stereocenters. The Morgan fingerprint density at radius 1 is 1.22 bits per heavy atom. The summed E-state index contributed by atoms with van der Waals surface area (Å²) >= 11 is 0. The maximum absolute atomic E-state index is 14.6. The largest absolute Gasteiger partial charge is 0.481 e. The predicted molar refractivity (Wildman–Crippen MR) is 119 cm³/mol. The van der Waals surface area contributed by atoms with Crippen molar-refractivity contribution in [1.82, 2.24) is 15.5 Å². The highest BCUT2D eigenvalue weighted by atomic mass is 19.4. The Morgan fingerprint density at radius 2 is 1.97 bits per heavy atom. The lowest BCUT2D eigenvalue weighted by atomic mass is 10.1. The molecule has 0 fully saturated rings. The van der Waals surface area contributed by atoms with Gasteiger partial charge in [0.25, 0.3) is 5.91 Å². The number of nitrogens with one attached hydrogen (secondary N) is 1. The number of carbonyl (C=O) groups excluding carboxylic acids is 2. The maximum atomic E-state index is 14.6. The molecule has 0 bridgehead atoms. The third-order valence-corrected chi connectivity index (χ3v) is 4.93. The highest BCUT2D eigenvalue weighted by molar-refractivity contribution is 5.97. The van der Waals surface area contributed by atoms with E-state index < -0.39 is 49.2 Å².